The zero-order chi connectivity index (χ0) is 14.5. The Kier molecular flexibility index (Phi) is 5.69. The third-order valence-electron chi connectivity index (χ3n) is 3.26. The molecule has 0 aliphatic carbocycles. The summed E-state index contributed by atoms with van der Waals surface area (Å²) in [5.74, 6) is 1.52. The Labute approximate surface area is 135 Å². The predicted octanol–water partition coefficient (Wildman–Crippen LogP) is 3.51. The van der Waals surface area contributed by atoms with Crippen molar-refractivity contribution in [3.8, 4) is 11.4 Å². The molecule has 0 saturated heterocycles. The molecule has 0 bridgehead atoms. The van der Waals surface area contributed by atoms with Gasteiger partial charge in [0.25, 0.3) is 0 Å². The summed E-state index contributed by atoms with van der Waals surface area (Å²) < 4.78 is 0. The summed E-state index contributed by atoms with van der Waals surface area (Å²) in [6.45, 7) is 0.854. The lowest BCUT2D eigenvalue weighted by Crippen LogP contribution is -2.07. The zero-order valence-electron chi connectivity index (χ0n) is 12.1. The molecule has 0 saturated carbocycles. The molecule has 114 valence electrons. The molecule has 0 aliphatic heterocycles. The van der Waals surface area contributed by atoms with E-state index in [1.807, 2.05) is 54.6 Å². The van der Waals surface area contributed by atoms with Crippen molar-refractivity contribution < 1.29 is 5.11 Å². The van der Waals surface area contributed by atoms with Gasteiger partial charge in [-0.2, -0.15) is 0 Å². The molecule has 0 spiro atoms. The van der Waals surface area contributed by atoms with Gasteiger partial charge >= 0.3 is 0 Å². The highest BCUT2D eigenvalue weighted by molar-refractivity contribution is 5.90. The van der Waals surface area contributed by atoms with Gasteiger partial charge in [0.1, 0.15) is 5.82 Å². The summed E-state index contributed by atoms with van der Waals surface area (Å²) in [7, 11) is 0. The first-order valence-electron chi connectivity index (χ1n) is 7.05. The highest BCUT2D eigenvalue weighted by Crippen LogP contribution is 2.24. The molecule has 2 N–H and O–H groups in total. The smallest absolute Gasteiger partial charge is 0.162 e. The lowest BCUT2D eigenvalue weighted by Gasteiger charge is -2.10. The van der Waals surface area contributed by atoms with Gasteiger partial charge in [-0.15, -0.1) is 12.4 Å². The van der Waals surface area contributed by atoms with E-state index in [9.17, 15) is 0 Å². The number of nitrogens with zero attached hydrogens (tertiary/aromatic N) is 2. The van der Waals surface area contributed by atoms with Crippen LogP contribution in [0.1, 0.15) is 6.42 Å². The summed E-state index contributed by atoms with van der Waals surface area (Å²) >= 11 is 0. The van der Waals surface area contributed by atoms with Crippen LogP contribution in [0.3, 0.4) is 0 Å². The lowest BCUT2D eigenvalue weighted by molar-refractivity contribution is 0.292. The van der Waals surface area contributed by atoms with Crippen LogP contribution in [0.15, 0.2) is 54.6 Å². The molecule has 0 unspecified atom stereocenters. The summed E-state index contributed by atoms with van der Waals surface area (Å²) in [6, 6.07) is 17.9. The van der Waals surface area contributed by atoms with E-state index in [1.54, 1.807) is 0 Å². The number of aliphatic hydroxyl groups excluding tert-OH is 1. The van der Waals surface area contributed by atoms with Crippen molar-refractivity contribution >= 4 is 29.1 Å². The quantitative estimate of drug-likeness (QED) is 0.707. The van der Waals surface area contributed by atoms with Crippen molar-refractivity contribution in [2.75, 3.05) is 18.5 Å². The van der Waals surface area contributed by atoms with E-state index in [2.05, 4.69) is 15.3 Å². The highest BCUT2D eigenvalue weighted by atomic mass is 35.5. The van der Waals surface area contributed by atoms with Crippen molar-refractivity contribution in [2.24, 2.45) is 0 Å². The second-order valence-electron chi connectivity index (χ2n) is 4.78. The van der Waals surface area contributed by atoms with E-state index in [-0.39, 0.29) is 19.0 Å². The molecule has 0 radical (unpaired) electrons. The molecule has 1 aromatic heterocycles. The third-order valence-corrected chi connectivity index (χ3v) is 3.26. The van der Waals surface area contributed by atoms with Gasteiger partial charge in [0.2, 0.25) is 0 Å². The van der Waals surface area contributed by atoms with Crippen LogP contribution < -0.4 is 5.32 Å². The largest absolute Gasteiger partial charge is 0.396 e. The van der Waals surface area contributed by atoms with Gasteiger partial charge < -0.3 is 10.4 Å². The minimum absolute atomic E-state index is 0. The molecular formula is C17H18ClN3O. The van der Waals surface area contributed by atoms with E-state index in [1.165, 1.54) is 0 Å². The number of aromatic nitrogens is 2. The van der Waals surface area contributed by atoms with Crippen molar-refractivity contribution in [2.45, 2.75) is 6.42 Å². The van der Waals surface area contributed by atoms with Gasteiger partial charge in [-0.05, 0) is 18.6 Å². The topological polar surface area (TPSA) is 58.0 Å². The van der Waals surface area contributed by atoms with Gasteiger partial charge in [-0.1, -0.05) is 42.5 Å². The number of rotatable bonds is 5. The minimum Gasteiger partial charge on any atom is -0.396 e. The first-order valence-corrected chi connectivity index (χ1v) is 7.05. The Morgan fingerprint density at radius 1 is 0.909 bits per heavy atom. The van der Waals surface area contributed by atoms with Crippen LogP contribution >= 0.6 is 12.4 Å². The van der Waals surface area contributed by atoms with Crippen molar-refractivity contribution in [1.29, 1.82) is 0 Å². The maximum Gasteiger partial charge on any atom is 0.162 e. The Bertz CT molecular complexity index is 734. The minimum atomic E-state index is 0. The number of benzene rings is 2. The Morgan fingerprint density at radius 3 is 2.41 bits per heavy atom. The molecule has 0 atom stereocenters. The van der Waals surface area contributed by atoms with Crippen LogP contribution in [0.25, 0.3) is 22.3 Å². The SMILES string of the molecule is Cl.OCCCNc1nc(-c2ccccc2)nc2ccccc12. The Balaban J connectivity index is 0.00000176. The van der Waals surface area contributed by atoms with Gasteiger partial charge in [-0.3, -0.25) is 0 Å². The summed E-state index contributed by atoms with van der Waals surface area (Å²) in [6.07, 6.45) is 0.693. The fraction of sp³-hybridized carbons (Fsp3) is 0.176. The van der Waals surface area contributed by atoms with Crippen molar-refractivity contribution in [3.05, 3.63) is 54.6 Å². The molecule has 4 nitrogen and oxygen atoms in total. The van der Waals surface area contributed by atoms with Crippen LogP contribution in [0, 0.1) is 0 Å². The van der Waals surface area contributed by atoms with E-state index >= 15 is 0 Å². The number of aliphatic hydroxyl groups is 1. The highest BCUT2D eigenvalue weighted by Gasteiger charge is 2.08. The standard InChI is InChI=1S/C17H17N3O.ClH/c21-12-6-11-18-17-14-9-4-5-10-15(14)19-16(20-17)13-7-2-1-3-8-13;/h1-5,7-10,21H,6,11-12H2,(H,18,19,20);1H. The molecule has 0 aliphatic rings. The monoisotopic (exact) mass is 315 g/mol. The van der Waals surface area contributed by atoms with Gasteiger partial charge in [0.15, 0.2) is 5.82 Å². The Morgan fingerprint density at radius 2 is 1.64 bits per heavy atom. The molecule has 2 aromatic carbocycles. The number of para-hydroxylation sites is 1. The molecule has 3 rings (SSSR count). The molecule has 0 fully saturated rings. The van der Waals surface area contributed by atoms with Crippen LogP contribution in [-0.2, 0) is 0 Å². The normalized spacial score (nSPS) is 10.2. The molecule has 1 heterocycles. The fourth-order valence-electron chi connectivity index (χ4n) is 2.21. The maximum atomic E-state index is 8.92. The lowest BCUT2D eigenvalue weighted by atomic mass is 10.2. The molecular weight excluding hydrogens is 298 g/mol. The van der Waals surface area contributed by atoms with Gasteiger partial charge in [0.05, 0.1) is 5.52 Å². The summed E-state index contributed by atoms with van der Waals surface area (Å²) in [5.41, 5.74) is 1.91. The van der Waals surface area contributed by atoms with Crippen LogP contribution in [0.2, 0.25) is 0 Å². The van der Waals surface area contributed by atoms with E-state index < -0.39 is 0 Å². The number of anilines is 1. The number of halogens is 1. The predicted molar refractivity (Wildman–Crippen MR) is 92.4 cm³/mol. The average Bonchev–Trinajstić information content (AvgIpc) is 2.55. The van der Waals surface area contributed by atoms with Crippen molar-refractivity contribution in [3.63, 3.8) is 0 Å². The number of fused-ring (bicyclic) bond motifs is 1. The fourth-order valence-corrected chi connectivity index (χ4v) is 2.21. The second kappa shape index (κ2) is 7.73. The van der Waals surface area contributed by atoms with E-state index in [4.69, 9.17) is 5.11 Å². The van der Waals surface area contributed by atoms with Gasteiger partial charge in [0, 0.05) is 24.1 Å². The van der Waals surface area contributed by atoms with Gasteiger partial charge in [-0.25, -0.2) is 9.97 Å². The maximum absolute atomic E-state index is 8.92. The summed E-state index contributed by atoms with van der Waals surface area (Å²) in [5, 5.41) is 13.2. The third kappa shape index (κ3) is 3.53. The Hall–Kier alpha value is -2.17. The zero-order valence-corrected chi connectivity index (χ0v) is 12.9. The number of hydrogen-bond acceptors (Lipinski definition) is 4. The van der Waals surface area contributed by atoms with Crippen LogP contribution in [0.5, 0.6) is 0 Å². The molecule has 3 aromatic rings. The average molecular weight is 316 g/mol. The first kappa shape index (κ1) is 16.2. The van der Waals surface area contributed by atoms with E-state index in [0.717, 1.165) is 22.3 Å². The molecule has 22 heavy (non-hydrogen) atoms. The number of hydrogen-bond donors (Lipinski definition) is 2. The van der Waals surface area contributed by atoms with Crippen LogP contribution in [0.4, 0.5) is 5.82 Å². The molecule has 5 heteroatoms. The second-order valence-corrected chi connectivity index (χ2v) is 4.78. The summed E-state index contributed by atoms with van der Waals surface area (Å²) in [4.78, 5) is 9.27. The number of nitrogens with one attached hydrogen (secondary N) is 1. The molecule has 0 amide bonds. The van der Waals surface area contributed by atoms with Crippen molar-refractivity contribution in [1.82, 2.24) is 9.97 Å². The van der Waals surface area contributed by atoms with E-state index in [0.29, 0.717) is 18.8 Å². The first-order chi connectivity index (χ1) is 10.4. The van der Waals surface area contributed by atoms with Crippen LogP contribution in [-0.4, -0.2) is 28.2 Å².